The predicted octanol–water partition coefficient (Wildman–Crippen LogP) is 6.21. The number of aromatic hydroxyl groups is 1. The molecule has 14 heteroatoms. The standard InChI is InChI=1S/C42H43N5O7.2FH/c48-35-13-11-31(32-12-15-39(50)45-40(32)35)36(49)24-43-23-27-9-14-37-34(22-27)47(42(52)54-37)18-4-5-26-8-10-30(28-6-2-1-3-7-28)33(21-26)44-41(51)53-38-25-46-19-16-29(38)17-20-46;;/h1-3,6-15,21-22,29,36,38,43,48-49H,4-5,16-20,23-25H2,(H,44,51)(H,45,50);2*1H/t36-,38+;;/m0../s1. The van der Waals surface area contributed by atoms with Gasteiger partial charge in [-0.1, -0.05) is 54.6 Å². The van der Waals surface area contributed by atoms with E-state index in [1.165, 1.54) is 12.1 Å². The fraction of sp³-hybridized carbons (Fsp3) is 0.310. The van der Waals surface area contributed by atoms with Crippen molar-refractivity contribution in [2.75, 3.05) is 31.5 Å². The zero-order valence-electron chi connectivity index (χ0n) is 30.6. The number of rotatable bonds is 12. The molecule has 3 fully saturated rings. The number of carbonyl (C=O) groups is 1. The number of nitrogens with one attached hydrogen (secondary N) is 3. The molecule has 3 aliphatic heterocycles. The summed E-state index contributed by atoms with van der Waals surface area (Å²) in [6, 6.07) is 27.6. The Morgan fingerprint density at radius 1 is 0.946 bits per heavy atom. The van der Waals surface area contributed by atoms with Gasteiger partial charge in [0.05, 0.1) is 22.8 Å². The van der Waals surface area contributed by atoms with Crippen LogP contribution in [-0.4, -0.2) is 63.0 Å². The van der Waals surface area contributed by atoms with Gasteiger partial charge in [-0.05, 0) is 97.3 Å². The summed E-state index contributed by atoms with van der Waals surface area (Å²) in [4.78, 5) is 42.9. The maximum absolute atomic E-state index is 13.2. The minimum Gasteiger partial charge on any atom is -0.506 e. The number of aliphatic hydroxyl groups excluding tert-OH is 1. The summed E-state index contributed by atoms with van der Waals surface area (Å²) in [7, 11) is 0. The Bertz CT molecular complexity index is 2420. The molecule has 2 atom stereocenters. The zero-order chi connectivity index (χ0) is 37.2. The highest BCUT2D eigenvalue weighted by atomic mass is 19.0. The zero-order valence-corrected chi connectivity index (χ0v) is 30.6. The molecule has 0 saturated carbocycles. The third kappa shape index (κ3) is 8.52. The van der Waals surface area contributed by atoms with Crippen LogP contribution in [0.5, 0.6) is 5.75 Å². The largest absolute Gasteiger partial charge is 0.506 e. The Labute approximate surface area is 320 Å². The normalized spacial score (nSPS) is 17.9. The number of phenolic OH excluding ortho intramolecular Hbond substituents is 1. The molecule has 1 amide bonds. The quantitative estimate of drug-likeness (QED) is 0.0975. The third-order valence-electron chi connectivity index (χ3n) is 10.8. The topological polar surface area (TPSA) is 162 Å². The molecule has 0 radical (unpaired) electrons. The van der Waals surface area contributed by atoms with Crippen molar-refractivity contribution in [3.05, 3.63) is 129 Å². The Morgan fingerprint density at radius 2 is 1.73 bits per heavy atom. The van der Waals surface area contributed by atoms with Crippen LogP contribution in [-0.2, 0) is 24.2 Å². The molecular formula is C42H45F2N5O7. The van der Waals surface area contributed by atoms with E-state index in [1.54, 1.807) is 22.8 Å². The number of hydrogen-bond acceptors (Lipinski definition) is 9. The van der Waals surface area contributed by atoms with Gasteiger partial charge in [-0.3, -0.25) is 29.0 Å². The molecule has 0 aliphatic carbocycles. The maximum atomic E-state index is 13.2. The minimum absolute atomic E-state index is 0. The molecule has 2 aromatic heterocycles. The van der Waals surface area contributed by atoms with Crippen molar-refractivity contribution in [2.24, 2.45) is 5.92 Å². The first-order valence-electron chi connectivity index (χ1n) is 18.5. The van der Waals surface area contributed by atoms with Gasteiger partial charge in [0.2, 0.25) is 5.56 Å². The van der Waals surface area contributed by atoms with Gasteiger partial charge >= 0.3 is 11.8 Å². The molecule has 4 aromatic carbocycles. The molecule has 2 bridgehead atoms. The van der Waals surface area contributed by atoms with Crippen LogP contribution in [0.3, 0.4) is 0 Å². The molecule has 5 heterocycles. The third-order valence-corrected chi connectivity index (χ3v) is 10.8. The van der Waals surface area contributed by atoms with Crippen LogP contribution >= 0.6 is 0 Å². The molecule has 12 nitrogen and oxygen atoms in total. The van der Waals surface area contributed by atoms with E-state index in [4.69, 9.17) is 9.15 Å². The number of ether oxygens (including phenoxy) is 1. The number of nitrogens with zero attached hydrogens (tertiary/aromatic N) is 2. The minimum atomic E-state index is -0.900. The number of pyridine rings is 1. The van der Waals surface area contributed by atoms with Crippen LogP contribution in [0.4, 0.5) is 19.9 Å². The van der Waals surface area contributed by atoms with Gasteiger partial charge in [-0.25, -0.2) is 9.59 Å². The number of hydrogen-bond donors (Lipinski definition) is 5. The summed E-state index contributed by atoms with van der Waals surface area (Å²) in [5.74, 6) is -0.0821. The lowest BCUT2D eigenvalue weighted by Crippen LogP contribution is -2.52. The number of aromatic nitrogens is 2. The second-order valence-corrected chi connectivity index (χ2v) is 14.3. The molecule has 3 saturated heterocycles. The Hall–Kier alpha value is -5.83. The lowest BCUT2D eigenvalue weighted by molar-refractivity contribution is -0.0289. The Balaban J connectivity index is 0.00000266. The van der Waals surface area contributed by atoms with Crippen molar-refractivity contribution in [2.45, 2.75) is 51.0 Å². The number of halogens is 2. The van der Waals surface area contributed by atoms with Crippen LogP contribution in [0.2, 0.25) is 0 Å². The first kappa shape index (κ1) is 39.9. The number of piperidine rings is 3. The van der Waals surface area contributed by atoms with Crippen molar-refractivity contribution < 1.29 is 33.6 Å². The number of aryl methyl sites for hydroxylation is 2. The Morgan fingerprint density at radius 3 is 2.50 bits per heavy atom. The van der Waals surface area contributed by atoms with E-state index in [0.717, 1.165) is 54.7 Å². The second kappa shape index (κ2) is 17.3. The van der Waals surface area contributed by atoms with E-state index < -0.39 is 18.0 Å². The molecule has 6 aromatic rings. The van der Waals surface area contributed by atoms with E-state index in [1.807, 2.05) is 54.6 Å². The number of fused-ring (bicyclic) bond motifs is 5. The van der Waals surface area contributed by atoms with Crippen LogP contribution in [0.25, 0.3) is 33.1 Å². The first-order valence-corrected chi connectivity index (χ1v) is 18.5. The number of aromatic amines is 1. The summed E-state index contributed by atoms with van der Waals surface area (Å²) in [5, 5.41) is 28.0. The predicted molar refractivity (Wildman–Crippen MR) is 212 cm³/mol. The Kier molecular flexibility index (Phi) is 12.3. The fourth-order valence-electron chi connectivity index (χ4n) is 7.92. The van der Waals surface area contributed by atoms with E-state index in [-0.39, 0.29) is 38.9 Å². The van der Waals surface area contributed by atoms with Crippen molar-refractivity contribution in [1.29, 1.82) is 0 Å². The average molecular weight is 770 g/mol. The summed E-state index contributed by atoms with van der Waals surface area (Å²) < 4.78 is 13.2. The van der Waals surface area contributed by atoms with Crippen molar-refractivity contribution >= 4 is 33.8 Å². The number of phenols is 1. The monoisotopic (exact) mass is 769 g/mol. The number of oxazole rings is 1. The number of amides is 1. The smallest absolute Gasteiger partial charge is 0.419 e. The van der Waals surface area contributed by atoms with Gasteiger partial charge in [0, 0.05) is 43.2 Å². The SMILES string of the molecule is F.F.O=C(Nc1cc(CCCn2c(=O)oc3ccc(CNC[C@H](O)c4ccc(O)c5[nH]c(=O)ccc45)cc32)ccc1-c1ccccc1)O[C@@H]1CN2CCC1CC2. The second-order valence-electron chi connectivity index (χ2n) is 14.3. The van der Waals surface area contributed by atoms with Crippen molar-refractivity contribution in [1.82, 2.24) is 19.8 Å². The van der Waals surface area contributed by atoms with Crippen LogP contribution < -0.4 is 21.9 Å². The van der Waals surface area contributed by atoms with Gasteiger partial charge in [-0.15, -0.1) is 0 Å². The van der Waals surface area contributed by atoms with Crippen LogP contribution in [0, 0.1) is 5.92 Å². The van der Waals surface area contributed by atoms with Gasteiger partial charge in [0.15, 0.2) is 5.58 Å². The highest BCUT2D eigenvalue weighted by Crippen LogP contribution is 2.33. The molecule has 5 N–H and O–H groups in total. The lowest BCUT2D eigenvalue weighted by atomic mass is 9.86. The molecular weight excluding hydrogens is 724 g/mol. The first-order chi connectivity index (χ1) is 26.3. The van der Waals surface area contributed by atoms with Crippen LogP contribution in [0.1, 0.15) is 42.1 Å². The molecule has 0 unspecified atom stereocenters. The van der Waals surface area contributed by atoms with Gasteiger partial charge in [0.25, 0.3) is 0 Å². The van der Waals surface area contributed by atoms with Gasteiger partial charge < -0.3 is 29.7 Å². The number of benzene rings is 4. The molecule has 3 aliphatic rings. The fourth-order valence-corrected chi connectivity index (χ4v) is 7.92. The van der Waals surface area contributed by atoms with Crippen molar-refractivity contribution in [3.8, 4) is 16.9 Å². The number of H-pyrrole nitrogens is 1. The highest BCUT2D eigenvalue weighted by Gasteiger charge is 2.36. The molecule has 294 valence electrons. The lowest BCUT2D eigenvalue weighted by Gasteiger charge is -2.43. The summed E-state index contributed by atoms with van der Waals surface area (Å²) >= 11 is 0. The van der Waals surface area contributed by atoms with Gasteiger partial charge in [0.1, 0.15) is 11.9 Å². The number of carbonyl (C=O) groups excluding carboxylic acids is 1. The average Bonchev–Trinajstić information content (AvgIpc) is 3.49. The molecule has 9 rings (SSSR count). The summed E-state index contributed by atoms with van der Waals surface area (Å²) in [6.07, 6.45) is 2.01. The van der Waals surface area contributed by atoms with Crippen molar-refractivity contribution in [3.63, 3.8) is 0 Å². The summed E-state index contributed by atoms with van der Waals surface area (Å²) in [6.45, 7) is 4.00. The number of aliphatic hydroxyl groups is 1. The summed E-state index contributed by atoms with van der Waals surface area (Å²) in [5.41, 5.74) is 6.20. The highest BCUT2D eigenvalue weighted by molar-refractivity contribution is 5.92. The maximum Gasteiger partial charge on any atom is 0.419 e. The number of anilines is 1. The van der Waals surface area contributed by atoms with E-state index >= 15 is 0 Å². The van der Waals surface area contributed by atoms with Gasteiger partial charge in [-0.2, -0.15) is 0 Å². The molecule has 0 spiro atoms. The van der Waals surface area contributed by atoms with E-state index in [0.29, 0.717) is 59.6 Å². The van der Waals surface area contributed by atoms with E-state index in [2.05, 4.69) is 26.6 Å². The van der Waals surface area contributed by atoms with Crippen LogP contribution in [0.15, 0.2) is 105 Å². The van der Waals surface area contributed by atoms with E-state index in [9.17, 15) is 24.6 Å². The molecule has 56 heavy (non-hydrogen) atoms.